The van der Waals surface area contributed by atoms with E-state index in [1.165, 1.54) is 6.92 Å². The Balaban J connectivity index is 3.91. The zero-order valence-electron chi connectivity index (χ0n) is 8.16. The third-order valence-electron chi connectivity index (χ3n) is 1.54. The summed E-state index contributed by atoms with van der Waals surface area (Å²) in [6, 6.07) is -0.892. The minimum atomic E-state index is -1.08. The lowest BCUT2D eigenvalue weighted by atomic mass is 10.2. The predicted octanol–water partition coefficient (Wildman–Crippen LogP) is -0.898. The van der Waals surface area contributed by atoms with Crippen LogP contribution in [0.1, 0.15) is 20.3 Å². The summed E-state index contributed by atoms with van der Waals surface area (Å²) in [5, 5.41) is 13.1. The molecule has 0 fully saturated rings. The second-order valence-corrected chi connectivity index (χ2v) is 2.78. The Kier molecular flexibility index (Phi) is 5.28. The summed E-state index contributed by atoms with van der Waals surface area (Å²) in [5.41, 5.74) is 0. The average molecular weight is 202 g/mol. The number of hydrogen-bond acceptors (Lipinski definition) is 3. The molecule has 80 valence electrons. The number of rotatable bonds is 5. The minimum absolute atomic E-state index is 0.195. The molecule has 0 unspecified atom stereocenters. The van der Waals surface area contributed by atoms with Gasteiger partial charge in [-0.3, -0.25) is 9.59 Å². The second-order valence-electron chi connectivity index (χ2n) is 2.78. The molecule has 0 saturated carbocycles. The topological polar surface area (TPSA) is 95.5 Å². The molecule has 0 bridgehead atoms. The largest absolute Gasteiger partial charge is 0.480 e. The lowest BCUT2D eigenvalue weighted by molar-refractivity contribution is -0.141. The van der Waals surface area contributed by atoms with Crippen molar-refractivity contribution in [3.63, 3.8) is 0 Å². The highest BCUT2D eigenvalue weighted by Crippen LogP contribution is 1.89. The molecule has 2 amide bonds. The van der Waals surface area contributed by atoms with Gasteiger partial charge in [-0.1, -0.05) is 6.92 Å². The van der Waals surface area contributed by atoms with Crippen LogP contribution in [0.5, 0.6) is 0 Å². The highest BCUT2D eigenvalue weighted by Gasteiger charge is 2.16. The molecule has 0 rings (SSSR count). The maximum Gasteiger partial charge on any atom is 0.326 e. The van der Waals surface area contributed by atoms with Gasteiger partial charge in [0.15, 0.2) is 0 Å². The van der Waals surface area contributed by atoms with Gasteiger partial charge in [0.05, 0.1) is 6.54 Å². The summed E-state index contributed by atoms with van der Waals surface area (Å²) in [6.45, 7) is 2.73. The van der Waals surface area contributed by atoms with Crippen LogP contribution >= 0.6 is 0 Å². The Morgan fingerprint density at radius 3 is 2.29 bits per heavy atom. The van der Waals surface area contributed by atoms with Crippen molar-refractivity contribution in [2.75, 3.05) is 6.54 Å². The van der Waals surface area contributed by atoms with Crippen LogP contribution in [0.25, 0.3) is 0 Å². The number of carbonyl (C=O) groups excluding carboxylic acids is 2. The summed E-state index contributed by atoms with van der Waals surface area (Å²) in [4.78, 5) is 32.0. The van der Waals surface area contributed by atoms with E-state index >= 15 is 0 Å². The fourth-order valence-corrected chi connectivity index (χ4v) is 0.789. The van der Waals surface area contributed by atoms with E-state index in [-0.39, 0.29) is 12.5 Å². The highest BCUT2D eigenvalue weighted by molar-refractivity contribution is 5.87. The highest BCUT2D eigenvalue weighted by atomic mass is 16.4. The smallest absolute Gasteiger partial charge is 0.326 e. The molecule has 3 N–H and O–H groups in total. The summed E-state index contributed by atoms with van der Waals surface area (Å²) in [5.74, 6) is -1.92. The first-order valence-corrected chi connectivity index (χ1v) is 4.24. The number of carbonyl (C=O) groups is 3. The van der Waals surface area contributed by atoms with Crippen LogP contribution in [0, 0.1) is 0 Å². The molecule has 0 spiro atoms. The molecule has 0 aromatic carbocycles. The van der Waals surface area contributed by atoms with Gasteiger partial charge >= 0.3 is 5.97 Å². The van der Waals surface area contributed by atoms with Crippen molar-refractivity contribution in [1.82, 2.24) is 10.6 Å². The lowest BCUT2D eigenvalue weighted by Crippen LogP contribution is -2.44. The third kappa shape index (κ3) is 5.13. The fourth-order valence-electron chi connectivity index (χ4n) is 0.789. The Labute approximate surface area is 81.7 Å². The van der Waals surface area contributed by atoms with Gasteiger partial charge in [0.1, 0.15) is 6.04 Å². The van der Waals surface area contributed by atoms with Gasteiger partial charge in [0.25, 0.3) is 0 Å². The van der Waals surface area contributed by atoms with Gasteiger partial charge in [-0.05, 0) is 6.42 Å². The van der Waals surface area contributed by atoms with E-state index in [2.05, 4.69) is 10.6 Å². The van der Waals surface area contributed by atoms with Gasteiger partial charge in [0, 0.05) is 6.92 Å². The van der Waals surface area contributed by atoms with Crippen LogP contribution in [-0.2, 0) is 14.4 Å². The standard InChI is InChI=1S/C8H14N2O4/c1-3-6(8(13)14)10-7(12)4-9-5(2)11/h6H,3-4H2,1-2H3,(H,9,11)(H,10,12)(H,13,14)/t6-/m0/s1. The van der Waals surface area contributed by atoms with Crippen molar-refractivity contribution in [2.45, 2.75) is 26.3 Å². The molecule has 0 saturated heterocycles. The Morgan fingerprint density at radius 2 is 1.93 bits per heavy atom. The van der Waals surface area contributed by atoms with Crippen molar-refractivity contribution in [3.05, 3.63) is 0 Å². The van der Waals surface area contributed by atoms with Crippen LogP contribution in [-0.4, -0.2) is 35.5 Å². The third-order valence-corrected chi connectivity index (χ3v) is 1.54. The van der Waals surface area contributed by atoms with E-state index in [4.69, 9.17) is 5.11 Å². The van der Waals surface area contributed by atoms with Crippen LogP contribution in [0.15, 0.2) is 0 Å². The molecule has 0 aliphatic heterocycles. The monoisotopic (exact) mass is 202 g/mol. The van der Waals surface area contributed by atoms with Crippen molar-refractivity contribution in [3.8, 4) is 0 Å². The SMILES string of the molecule is CC[C@H](NC(=O)CNC(C)=O)C(=O)O. The van der Waals surface area contributed by atoms with Gasteiger partial charge in [-0.25, -0.2) is 4.79 Å². The number of nitrogens with one attached hydrogen (secondary N) is 2. The molecule has 6 heteroatoms. The van der Waals surface area contributed by atoms with Crippen LogP contribution < -0.4 is 10.6 Å². The van der Waals surface area contributed by atoms with E-state index in [1.54, 1.807) is 6.92 Å². The van der Waals surface area contributed by atoms with Gasteiger partial charge in [-0.15, -0.1) is 0 Å². The fraction of sp³-hybridized carbons (Fsp3) is 0.625. The molecule has 14 heavy (non-hydrogen) atoms. The Hall–Kier alpha value is -1.59. The molecule has 0 aromatic rings. The van der Waals surface area contributed by atoms with Crippen molar-refractivity contribution >= 4 is 17.8 Å². The minimum Gasteiger partial charge on any atom is -0.480 e. The Bertz CT molecular complexity index is 239. The zero-order valence-corrected chi connectivity index (χ0v) is 8.16. The first-order valence-electron chi connectivity index (χ1n) is 4.24. The Morgan fingerprint density at radius 1 is 1.36 bits per heavy atom. The molecular formula is C8H14N2O4. The van der Waals surface area contributed by atoms with Gasteiger partial charge in [0.2, 0.25) is 11.8 Å². The summed E-state index contributed by atoms with van der Waals surface area (Å²) in [6.07, 6.45) is 0.307. The van der Waals surface area contributed by atoms with Crippen molar-refractivity contribution in [2.24, 2.45) is 0 Å². The van der Waals surface area contributed by atoms with Crippen LogP contribution in [0.2, 0.25) is 0 Å². The lowest BCUT2D eigenvalue weighted by Gasteiger charge is -2.11. The predicted molar refractivity (Wildman–Crippen MR) is 48.5 cm³/mol. The van der Waals surface area contributed by atoms with Gasteiger partial charge in [-0.2, -0.15) is 0 Å². The number of amides is 2. The first kappa shape index (κ1) is 12.4. The summed E-state index contributed by atoms with van der Waals surface area (Å²) < 4.78 is 0. The zero-order chi connectivity index (χ0) is 11.1. The maximum atomic E-state index is 11.0. The molecule has 6 nitrogen and oxygen atoms in total. The molecular weight excluding hydrogens is 188 g/mol. The number of carboxylic acids is 1. The quantitative estimate of drug-likeness (QED) is 0.538. The van der Waals surface area contributed by atoms with Crippen LogP contribution in [0.4, 0.5) is 0 Å². The molecule has 0 aromatic heterocycles. The van der Waals surface area contributed by atoms with E-state index in [9.17, 15) is 14.4 Å². The average Bonchev–Trinajstić information content (AvgIpc) is 2.10. The number of hydrogen-bond donors (Lipinski definition) is 3. The van der Waals surface area contributed by atoms with Crippen molar-refractivity contribution < 1.29 is 19.5 Å². The van der Waals surface area contributed by atoms with E-state index < -0.39 is 17.9 Å². The summed E-state index contributed by atoms with van der Waals surface area (Å²) >= 11 is 0. The second kappa shape index (κ2) is 5.95. The molecule has 0 radical (unpaired) electrons. The number of carboxylic acid groups (broad SMARTS) is 1. The normalized spacial score (nSPS) is 11.6. The van der Waals surface area contributed by atoms with E-state index in [0.717, 1.165) is 0 Å². The molecule has 1 atom stereocenters. The first-order chi connectivity index (χ1) is 6.47. The number of aliphatic carboxylic acids is 1. The molecule has 0 heterocycles. The van der Waals surface area contributed by atoms with Crippen LogP contribution in [0.3, 0.4) is 0 Å². The maximum absolute atomic E-state index is 11.0. The van der Waals surface area contributed by atoms with E-state index in [1.807, 2.05) is 0 Å². The van der Waals surface area contributed by atoms with Gasteiger partial charge < -0.3 is 15.7 Å². The summed E-state index contributed by atoms with van der Waals surface area (Å²) in [7, 11) is 0. The molecule has 0 aliphatic carbocycles. The molecule has 0 aliphatic rings. The van der Waals surface area contributed by atoms with E-state index in [0.29, 0.717) is 6.42 Å². The van der Waals surface area contributed by atoms with Crippen molar-refractivity contribution in [1.29, 1.82) is 0 Å².